The molecule has 0 aromatic carbocycles. The molecule has 8 heteroatoms. The standard InChI is InChI=1S/C10H6Cl8/c11-3-1-2-4(5(3)12)9(16)7(14)6(13)8(2,15)10(9,17)18/h2-5H,1H2/t2?,3-,4?,5?,8+,9-/m1/s1. The molecule has 3 unspecified atom stereocenters. The van der Waals surface area contributed by atoms with E-state index in [4.69, 9.17) is 92.8 Å². The first kappa shape index (κ1) is 15.0. The number of hydrogen-bond donors (Lipinski definition) is 0. The van der Waals surface area contributed by atoms with Gasteiger partial charge in [0, 0.05) is 5.92 Å². The highest BCUT2D eigenvalue weighted by molar-refractivity contribution is 6.66. The van der Waals surface area contributed by atoms with Gasteiger partial charge in [-0.15, -0.1) is 46.4 Å². The van der Waals surface area contributed by atoms with Gasteiger partial charge in [0.15, 0.2) is 4.33 Å². The molecular formula is C10H6Cl8. The van der Waals surface area contributed by atoms with Crippen molar-refractivity contribution in [2.45, 2.75) is 31.3 Å². The van der Waals surface area contributed by atoms with Crippen LogP contribution in [-0.2, 0) is 0 Å². The molecule has 0 saturated heterocycles. The van der Waals surface area contributed by atoms with E-state index < -0.39 is 19.5 Å². The summed E-state index contributed by atoms with van der Waals surface area (Å²) < 4.78 is -1.50. The van der Waals surface area contributed by atoms with Gasteiger partial charge in [-0.1, -0.05) is 46.4 Å². The van der Waals surface area contributed by atoms with Crippen LogP contribution in [0.3, 0.4) is 0 Å². The van der Waals surface area contributed by atoms with Crippen molar-refractivity contribution in [3.05, 3.63) is 10.1 Å². The Bertz CT molecular complexity index is 459. The summed E-state index contributed by atoms with van der Waals surface area (Å²) in [6, 6.07) is 0. The molecule has 0 N–H and O–H groups in total. The van der Waals surface area contributed by atoms with Gasteiger partial charge in [-0.25, -0.2) is 0 Å². The molecule has 3 aliphatic rings. The third kappa shape index (κ3) is 1.28. The van der Waals surface area contributed by atoms with E-state index >= 15 is 0 Å². The van der Waals surface area contributed by atoms with Gasteiger partial charge in [0.05, 0.1) is 20.8 Å². The van der Waals surface area contributed by atoms with Crippen LogP contribution in [0, 0.1) is 11.8 Å². The molecule has 0 aromatic rings. The highest BCUT2D eigenvalue weighted by Crippen LogP contribution is 2.79. The molecule has 0 amide bonds. The number of hydrogen-bond acceptors (Lipinski definition) is 0. The molecule has 6 atom stereocenters. The van der Waals surface area contributed by atoms with Gasteiger partial charge in [-0.2, -0.15) is 0 Å². The highest BCUT2D eigenvalue weighted by atomic mass is 35.5. The van der Waals surface area contributed by atoms with Crippen LogP contribution in [0.4, 0.5) is 0 Å². The van der Waals surface area contributed by atoms with Gasteiger partial charge in [0.1, 0.15) is 9.75 Å². The molecule has 18 heavy (non-hydrogen) atoms. The summed E-state index contributed by atoms with van der Waals surface area (Å²) in [5.41, 5.74) is 0. The maximum Gasteiger partial charge on any atom is 0.166 e. The fourth-order valence-electron chi connectivity index (χ4n) is 3.48. The van der Waals surface area contributed by atoms with Crippen molar-refractivity contribution in [2.75, 3.05) is 0 Å². The summed E-state index contributed by atoms with van der Waals surface area (Å²) in [7, 11) is 0. The molecule has 3 aliphatic carbocycles. The third-order valence-electron chi connectivity index (χ3n) is 4.32. The average molecular weight is 410 g/mol. The minimum Gasteiger partial charge on any atom is -0.121 e. The molecule has 3 rings (SSSR count). The minimum atomic E-state index is -1.50. The molecule has 0 spiro atoms. The lowest BCUT2D eigenvalue weighted by molar-refractivity contribution is 0.385. The molecule has 0 aliphatic heterocycles. The number of fused-ring (bicyclic) bond motifs is 5. The number of halogens is 8. The van der Waals surface area contributed by atoms with E-state index in [1.165, 1.54) is 0 Å². The monoisotopic (exact) mass is 406 g/mol. The smallest absolute Gasteiger partial charge is 0.121 e. The largest absolute Gasteiger partial charge is 0.166 e. The number of alkyl halides is 6. The Labute approximate surface area is 145 Å². The van der Waals surface area contributed by atoms with Gasteiger partial charge in [0.2, 0.25) is 0 Å². The number of allylic oxidation sites excluding steroid dienone is 2. The minimum absolute atomic E-state index is 0.184. The molecule has 0 nitrogen and oxygen atoms in total. The summed E-state index contributed by atoms with van der Waals surface area (Å²) in [5.74, 6) is -0.488. The summed E-state index contributed by atoms with van der Waals surface area (Å²) in [4.78, 5) is -2.50. The van der Waals surface area contributed by atoms with Crippen LogP contribution in [0.15, 0.2) is 10.1 Å². The average Bonchev–Trinajstić information content (AvgIpc) is 2.69. The van der Waals surface area contributed by atoms with Crippen molar-refractivity contribution in [2.24, 2.45) is 11.8 Å². The zero-order chi connectivity index (χ0) is 13.7. The molecule has 2 bridgehead atoms. The van der Waals surface area contributed by atoms with E-state index in [-0.39, 0.29) is 27.3 Å². The van der Waals surface area contributed by atoms with E-state index in [9.17, 15) is 0 Å². The Kier molecular flexibility index (Phi) is 3.39. The first-order chi connectivity index (χ1) is 8.11. The van der Waals surface area contributed by atoms with E-state index in [0.717, 1.165) is 0 Å². The maximum atomic E-state index is 6.62. The quantitative estimate of drug-likeness (QED) is 0.451. The van der Waals surface area contributed by atoms with E-state index in [1.54, 1.807) is 0 Å². The zero-order valence-electron chi connectivity index (χ0n) is 8.54. The topological polar surface area (TPSA) is 0 Å². The fraction of sp³-hybridized carbons (Fsp3) is 0.800. The second-order valence-corrected chi connectivity index (χ2v) is 9.29. The second kappa shape index (κ2) is 4.07. The predicted octanol–water partition coefficient (Wildman–Crippen LogP) is 5.68. The first-order valence-electron chi connectivity index (χ1n) is 5.21. The summed E-state index contributed by atoms with van der Waals surface area (Å²) >= 11 is 51.0. The van der Waals surface area contributed by atoms with Gasteiger partial charge in [-0.3, -0.25) is 0 Å². The van der Waals surface area contributed by atoms with Crippen molar-refractivity contribution in [1.29, 1.82) is 0 Å². The molecular weight excluding hydrogens is 404 g/mol. The summed E-state index contributed by atoms with van der Waals surface area (Å²) in [6.07, 6.45) is 0.555. The molecule has 102 valence electrons. The maximum absolute atomic E-state index is 6.62. The van der Waals surface area contributed by atoms with E-state index in [0.29, 0.717) is 6.42 Å². The number of rotatable bonds is 0. The lowest BCUT2D eigenvalue weighted by Gasteiger charge is -2.35. The Balaban J connectivity index is 2.26. The zero-order valence-corrected chi connectivity index (χ0v) is 14.6. The van der Waals surface area contributed by atoms with Crippen LogP contribution >= 0.6 is 92.8 Å². The summed E-state index contributed by atoms with van der Waals surface area (Å²) in [6.45, 7) is 0. The molecule has 2 saturated carbocycles. The normalized spacial score (nSPS) is 57.3. The Morgan fingerprint density at radius 2 is 1.39 bits per heavy atom. The summed E-state index contributed by atoms with van der Waals surface area (Å²) in [5, 5.41) is -0.259. The van der Waals surface area contributed by atoms with Gasteiger partial charge in [-0.05, 0) is 12.3 Å². The van der Waals surface area contributed by atoms with Gasteiger partial charge >= 0.3 is 0 Å². The predicted molar refractivity (Wildman–Crippen MR) is 81.2 cm³/mol. The van der Waals surface area contributed by atoms with Gasteiger partial charge < -0.3 is 0 Å². The lowest BCUT2D eigenvalue weighted by atomic mass is 9.84. The molecule has 0 aromatic heterocycles. The van der Waals surface area contributed by atoms with Crippen LogP contribution in [0.1, 0.15) is 6.42 Å². The van der Waals surface area contributed by atoms with E-state index in [1.807, 2.05) is 0 Å². The fourth-order valence-corrected chi connectivity index (χ4v) is 7.46. The Hall–Kier alpha value is 2.06. The van der Waals surface area contributed by atoms with Crippen molar-refractivity contribution in [1.82, 2.24) is 0 Å². The molecule has 2 fully saturated rings. The lowest BCUT2D eigenvalue weighted by Crippen LogP contribution is -2.47. The van der Waals surface area contributed by atoms with Crippen molar-refractivity contribution < 1.29 is 0 Å². The van der Waals surface area contributed by atoms with Crippen LogP contribution in [-0.4, -0.2) is 24.8 Å². The van der Waals surface area contributed by atoms with Crippen molar-refractivity contribution >= 4 is 92.8 Å². The first-order valence-corrected chi connectivity index (χ1v) is 8.35. The Morgan fingerprint density at radius 1 is 0.889 bits per heavy atom. The molecule has 0 radical (unpaired) electrons. The molecule has 0 heterocycles. The van der Waals surface area contributed by atoms with Crippen molar-refractivity contribution in [3.63, 3.8) is 0 Å². The van der Waals surface area contributed by atoms with Gasteiger partial charge in [0.25, 0.3) is 0 Å². The van der Waals surface area contributed by atoms with Crippen LogP contribution in [0.2, 0.25) is 0 Å². The van der Waals surface area contributed by atoms with Crippen molar-refractivity contribution in [3.8, 4) is 0 Å². The second-order valence-electron chi connectivity index (χ2n) is 4.95. The van der Waals surface area contributed by atoms with E-state index in [2.05, 4.69) is 0 Å². The third-order valence-corrected chi connectivity index (χ3v) is 9.79. The van der Waals surface area contributed by atoms with Crippen LogP contribution in [0.5, 0.6) is 0 Å². The SMILES string of the molecule is ClC1=C(Cl)[C@]2(Cl)C3C(Cl)[C@H](Cl)CC3[C@@]1(Cl)C2(Cl)Cl. The van der Waals surface area contributed by atoms with Crippen LogP contribution in [0.25, 0.3) is 0 Å². The van der Waals surface area contributed by atoms with Crippen LogP contribution < -0.4 is 0 Å². The highest BCUT2D eigenvalue weighted by Gasteiger charge is 2.84. The Morgan fingerprint density at radius 3 is 1.94 bits per heavy atom.